The summed E-state index contributed by atoms with van der Waals surface area (Å²) in [4.78, 5) is 8.92. The van der Waals surface area contributed by atoms with Crippen molar-refractivity contribution in [1.29, 1.82) is 0 Å². The van der Waals surface area contributed by atoms with E-state index in [1.807, 2.05) is 60.7 Å². The monoisotopic (exact) mass is 773 g/mol. The summed E-state index contributed by atoms with van der Waals surface area (Å²) in [6, 6.07) is 37.3. The van der Waals surface area contributed by atoms with Gasteiger partial charge in [0, 0.05) is 26.3 Å². The minimum atomic E-state index is -1.84. The zero-order chi connectivity index (χ0) is 24.3. The summed E-state index contributed by atoms with van der Waals surface area (Å²) in [5.74, 6) is 7.45. The third-order valence-corrected chi connectivity index (χ3v) is 13.5. The van der Waals surface area contributed by atoms with Gasteiger partial charge in [-0.3, -0.25) is 0 Å². The molecule has 3 aromatic carbocycles. The van der Waals surface area contributed by atoms with Crippen molar-refractivity contribution in [3.8, 4) is 22.5 Å². The summed E-state index contributed by atoms with van der Waals surface area (Å²) in [6.07, 6.45) is 3.86. The molecule has 0 spiro atoms. The van der Waals surface area contributed by atoms with Crippen molar-refractivity contribution in [2.75, 3.05) is 0 Å². The smallest absolute Gasteiger partial charge is 0.0160 e. The molecule has 0 bridgehead atoms. The average molecular weight is 770 g/mol. The SMILES string of the molecule is [CH3][Ge]([CH3])([CH3])[c]1cccc2c1[se]c1cc(-c3[c-]cccc3)ncc12.[Ir].[c-]1ccccc1-c1ccccn1. The van der Waals surface area contributed by atoms with Crippen LogP contribution in [0.2, 0.25) is 17.3 Å². The zero-order valence-corrected chi connectivity index (χ0v) is 26.7. The first kappa shape index (κ1) is 26.7. The number of hydrogen-bond acceptors (Lipinski definition) is 2. The summed E-state index contributed by atoms with van der Waals surface area (Å²) >= 11 is -1.45. The Kier molecular flexibility index (Phi) is 8.77. The molecule has 6 aromatic rings. The molecule has 0 saturated carbocycles. The molecule has 0 fully saturated rings. The molecular formula is C31H26GeIrN2Se-2. The second-order valence-electron chi connectivity index (χ2n) is 9.37. The van der Waals surface area contributed by atoms with Crippen molar-refractivity contribution in [2.24, 2.45) is 0 Å². The maximum absolute atomic E-state index is 4.71. The minimum Gasteiger partial charge on any atom is -0.305 e. The Hall–Kier alpha value is -2.33. The van der Waals surface area contributed by atoms with Crippen molar-refractivity contribution >= 4 is 51.5 Å². The Bertz CT molecular complexity index is 1520. The van der Waals surface area contributed by atoms with Crippen molar-refractivity contribution in [1.82, 2.24) is 9.97 Å². The molecule has 3 aromatic heterocycles. The number of benzene rings is 3. The molecule has 0 aliphatic carbocycles. The zero-order valence-electron chi connectivity index (χ0n) is 20.5. The Labute approximate surface area is 235 Å². The van der Waals surface area contributed by atoms with Crippen LogP contribution in [0, 0.1) is 12.1 Å². The number of fused-ring (bicyclic) bond motifs is 3. The van der Waals surface area contributed by atoms with Crippen LogP contribution in [-0.2, 0) is 20.1 Å². The van der Waals surface area contributed by atoms with Gasteiger partial charge in [0.1, 0.15) is 0 Å². The van der Waals surface area contributed by atoms with E-state index in [-0.39, 0.29) is 20.1 Å². The number of nitrogens with zero attached hydrogens (tertiary/aromatic N) is 2. The molecule has 1 radical (unpaired) electrons. The molecule has 0 saturated heterocycles. The van der Waals surface area contributed by atoms with Gasteiger partial charge in [0.2, 0.25) is 0 Å². The number of pyridine rings is 2. The van der Waals surface area contributed by atoms with Crippen LogP contribution >= 0.6 is 0 Å². The van der Waals surface area contributed by atoms with Crippen LogP contribution in [-0.4, -0.2) is 37.7 Å². The van der Waals surface area contributed by atoms with Gasteiger partial charge in [-0.15, -0.1) is 35.9 Å². The van der Waals surface area contributed by atoms with Gasteiger partial charge in [-0.25, -0.2) is 0 Å². The van der Waals surface area contributed by atoms with Crippen LogP contribution in [0.1, 0.15) is 0 Å². The number of rotatable bonds is 3. The van der Waals surface area contributed by atoms with E-state index >= 15 is 0 Å². The summed E-state index contributed by atoms with van der Waals surface area (Å²) < 4.78 is 4.74. The van der Waals surface area contributed by atoms with Crippen molar-refractivity contribution in [3.05, 3.63) is 116 Å². The van der Waals surface area contributed by atoms with Gasteiger partial charge < -0.3 is 4.98 Å². The molecule has 0 aliphatic rings. The Morgan fingerprint density at radius 3 is 2.00 bits per heavy atom. The van der Waals surface area contributed by atoms with Crippen LogP contribution in [0.15, 0.2) is 103 Å². The normalized spacial score (nSPS) is 11.0. The number of hydrogen-bond donors (Lipinski definition) is 0. The van der Waals surface area contributed by atoms with E-state index in [9.17, 15) is 0 Å². The molecule has 3 heterocycles. The molecule has 0 N–H and O–H groups in total. The first-order chi connectivity index (χ1) is 17.0. The van der Waals surface area contributed by atoms with E-state index in [0.29, 0.717) is 14.5 Å². The molecule has 0 unspecified atom stereocenters. The fourth-order valence-electron chi connectivity index (χ4n) is 4.06. The van der Waals surface area contributed by atoms with Gasteiger partial charge in [0.15, 0.2) is 0 Å². The van der Waals surface area contributed by atoms with Crippen LogP contribution in [0.3, 0.4) is 0 Å². The molecule has 2 nitrogen and oxygen atoms in total. The predicted molar refractivity (Wildman–Crippen MR) is 152 cm³/mol. The van der Waals surface area contributed by atoms with Crippen molar-refractivity contribution in [2.45, 2.75) is 17.3 Å². The summed E-state index contributed by atoms with van der Waals surface area (Å²) in [5, 5.41) is 2.77. The van der Waals surface area contributed by atoms with E-state index in [1.165, 1.54) is 15.0 Å². The van der Waals surface area contributed by atoms with Gasteiger partial charge in [-0.2, -0.15) is 0 Å². The van der Waals surface area contributed by atoms with Crippen molar-refractivity contribution in [3.63, 3.8) is 0 Å². The summed E-state index contributed by atoms with van der Waals surface area (Å²) in [7, 11) is 0. The summed E-state index contributed by atoms with van der Waals surface area (Å²) in [5.41, 5.74) is 4.13. The Morgan fingerprint density at radius 2 is 1.39 bits per heavy atom. The molecule has 0 amide bonds. The van der Waals surface area contributed by atoms with Gasteiger partial charge in [-0.1, -0.05) is 12.1 Å². The van der Waals surface area contributed by atoms with E-state index < -0.39 is 13.3 Å². The number of aromatic nitrogens is 2. The maximum atomic E-state index is 4.71. The van der Waals surface area contributed by atoms with E-state index in [0.717, 1.165) is 22.5 Å². The first-order valence-electron chi connectivity index (χ1n) is 11.7. The molecule has 0 aliphatic heterocycles. The van der Waals surface area contributed by atoms with Gasteiger partial charge in [0.05, 0.1) is 0 Å². The van der Waals surface area contributed by atoms with Crippen LogP contribution in [0.5, 0.6) is 0 Å². The topological polar surface area (TPSA) is 25.8 Å². The van der Waals surface area contributed by atoms with E-state index in [4.69, 9.17) is 4.98 Å². The van der Waals surface area contributed by atoms with Gasteiger partial charge in [0.25, 0.3) is 0 Å². The third kappa shape index (κ3) is 5.97. The van der Waals surface area contributed by atoms with Crippen LogP contribution in [0.4, 0.5) is 0 Å². The minimum absolute atomic E-state index is 0. The maximum Gasteiger partial charge on any atom is 0.0160 e. The standard InChI is InChI=1S/C20H18GeNSe.C11H8N.Ir/c1-21(2,3)17-11-7-10-15-16-13-22-18(12-19(16)23-20(15)17)14-8-5-4-6-9-14;1-2-6-10(7-3-1)11-8-4-5-9-12-11;/h4-8,10-13H,1-3H3;1-6,8-9H;/q2*-1;. The van der Waals surface area contributed by atoms with Gasteiger partial charge in [-0.05, 0) is 11.8 Å². The Balaban J connectivity index is 0.000000198. The molecule has 0 atom stereocenters. The second kappa shape index (κ2) is 11.8. The molecule has 181 valence electrons. The second-order valence-corrected chi connectivity index (χ2v) is 22.1. The molecule has 5 heteroatoms. The molecule has 6 rings (SSSR count). The van der Waals surface area contributed by atoms with Gasteiger partial charge >= 0.3 is 146 Å². The van der Waals surface area contributed by atoms with E-state index in [1.54, 1.807) is 14.9 Å². The fraction of sp³-hybridized carbons (Fsp3) is 0.0968. The fourth-order valence-corrected chi connectivity index (χ4v) is 13.3. The van der Waals surface area contributed by atoms with Crippen LogP contribution in [0.25, 0.3) is 41.8 Å². The predicted octanol–water partition coefficient (Wildman–Crippen LogP) is 7.00. The van der Waals surface area contributed by atoms with E-state index in [2.05, 4.69) is 70.9 Å². The quantitative estimate of drug-likeness (QED) is 0.143. The van der Waals surface area contributed by atoms with Crippen LogP contribution < -0.4 is 4.40 Å². The Morgan fingerprint density at radius 1 is 0.694 bits per heavy atom. The molecule has 36 heavy (non-hydrogen) atoms. The molecular weight excluding hydrogens is 744 g/mol. The first-order valence-corrected chi connectivity index (χ1v) is 20.7. The largest absolute Gasteiger partial charge is 0.305 e. The third-order valence-electron chi connectivity index (χ3n) is 5.83. The van der Waals surface area contributed by atoms with Crippen molar-refractivity contribution < 1.29 is 20.1 Å². The summed E-state index contributed by atoms with van der Waals surface area (Å²) in [6.45, 7) is 0. The average Bonchev–Trinajstić information content (AvgIpc) is 3.28.